The van der Waals surface area contributed by atoms with E-state index in [9.17, 15) is 9.59 Å². The first-order chi connectivity index (χ1) is 18.0. The minimum absolute atomic E-state index is 0.220. The summed E-state index contributed by atoms with van der Waals surface area (Å²) < 4.78 is 12.5. The Bertz CT molecular complexity index is 1420. The SMILES string of the molecule is COCc1ccc2c(C(N)=O)cc(=O)n(CCN3CCC(NCc4cc(-c5cccs5)on4)CC3)c2c1. The number of ether oxygens (including phenoxy) is 1. The first-order valence-electron chi connectivity index (χ1n) is 12.4. The van der Waals surface area contributed by atoms with Gasteiger partial charge in [-0.25, -0.2) is 0 Å². The molecule has 1 saturated heterocycles. The highest BCUT2D eigenvalue weighted by atomic mass is 32.1. The number of pyridine rings is 1. The number of hydrogen-bond donors (Lipinski definition) is 2. The van der Waals surface area contributed by atoms with Gasteiger partial charge in [0.2, 0.25) is 5.91 Å². The highest BCUT2D eigenvalue weighted by molar-refractivity contribution is 7.13. The van der Waals surface area contributed by atoms with Gasteiger partial charge >= 0.3 is 0 Å². The van der Waals surface area contributed by atoms with Gasteiger partial charge in [-0.05, 0) is 49.0 Å². The highest BCUT2D eigenvalue weighted by Gasteiger charge is 2.20. The molecule has 0 atom stereocenters. The highest BCUT2D eigenvalue weighted by Crippen LogP contribution is 2.25. The number of rotatable bonds is 10. The van der Waals surface area contributed by atoms with Crippen molar-refractivity contribution in [2.75, 3.05) is 26.7 Å². The van der Waals surface area contributed by atoms with Crippen molar-refractivity contribution in [2.45, 2.75) is 38.6 Å². The molecule has 10 heteroatoms. The van der Waals surface area contributed by atoms with Crippen LogP contribution >= 0.6 is 11.3 Å². The van der Waals surface area contributed by atoms with Gasteiger partial charge in [0.15, 0.2) is 5.76 Å². The molecule has 0 aliphatic carbocycles. The van der Waals surface area contributed by atoms with Crippen LogP contribution in [0.1, 0.15) is 34.5 Å². The lowest BCUT2D eigenvalue weighted by Crippen LogP contribution is -2.43. The van der Waals surface area contributed by atoms with Crippen LogP contribution in [0.2, 0.25) is 0 Å². The van der Waals surface area contributed by atoms with E-state index in [1.165, 1.54) is 6.07 Å². The molecule has 4 heterocycles. The molecule has 1 aromatic carbocycles. The van der Waals surface area contributed by atoms with E-state index < -0.39 is 5.91 Å². The summed E-state index contributed by atoms with van der Waals surface area (Å²) in [5.41, 5.74) is 8.13. The summed E-state index contributed by atoms with van der Waals surface area (Å²) in [6.45, 7) is 4.27. The maximum Gasteiger partial charge on any atom is 0.251 e. The Kier molecular flexibility index (Phi) is 7.80. The zero-order valence-electron chi connectivity index (χ0n) is 20.8. The number of carbonyl (C=O) groups excluding carboxylic acids is 1. The van der Waals surface area contributed by atoms with Crippen molar-refractivity contribution >= 4 is 28.1 Å². The number of amides is 1. The molecule has 37 heavy (non-hydrogen) atoms. The zero-order chi connectivity index (χ0) is 25.8. The molecule has 0 radical (unpaired) electrons. The minimum atomic E-state index is -0.600. The molecular formula is C27H31N5O4S. The van der Waals surface area contributed by atoms with Gasteiger partial charge in [0, 0.05) is 50.3 Å². The number of primary amides is 1. The third-order valence-electron chi connectivity index (χ3n) is 6.88. The lowest BCUT2D eigenvalue weighted by molar-refractivity contribution is 0.100. The maximum absolute atomic E-state index is 12.9. The fourth-order valence-electron chi connectivity index (χ4n) is 4.90. The first kappa shape index (κ1) is 25.3. The number of nitrogens with two attached hydrogens (primary N) is 1. The summed E-state index contributed by atoms with van der Waals surface area (Å²) in [6, 6.07) is 13.4. The Balaban J connectivity index is 1.18. The van der Waals surface area contributed by atoms with Crippen molar-refractivity contribution < 1.29 is 14.1 Å². The Hall–Kier alpha value is -3.31. The predicted octanol–water partition coefficient (Wildman–Crippen LogP) is 3.22. The summed E-state index contributed by atoms with van der Waals surface area (Å²) >= 11 is 1.64. The van der Waals surface area contributed by atoms with Gasteiger partial charge in [-0.15, -0.1) is 11.3 Å². The predicted molar refractivity (Wildman–Crippen MR) is 144 cm³/mol. The van der Waals surface area contributed by atoms with Crippen molar-refractivity contribution in [3.8, 4) is 10.6 Å². The van der Waals surface area contributed by atoms with Crippen LogP contribution in [0.15, 0.2) is 57.2 Å². The van der Waals surface area contributed by atoms with Gasteiger partial charge in [-0.3, -0.25) is 9.59 Å². The molecule has 0 unspecified atom stereocenters. The van der Waals surface area contributed by atoms with Crippen molar-refractivity contribution in [2.24, 2.45) is 5.73 Å². The Labute approximate surface area is 218 Å². The largest absolute Gasteiger partial charge is 0.380 e. The summed E-state index contributed by atoms with van der Waals surface area (Å²) in [5, 5.41) is 10.5. The van der Waals surface area contributed by atoms with Crippen molar-refractivity contribution in [1.82, 2.24) is 19.9 Å². The average Bonchev–Trinajstić information content (AvgIpc) is 3.60. The Morgan fingerprint density at radius 3 is 2.78 bits per heavy atom. The van der Waals surface area contributed by atoms with Gasteiger partial charge < -0.3 is 29.8 Å². The number of nitrogens with zero attached hydrogens (tertiary/aromatic N) is 3. The van der Waals surface area contributed by atoms with Crippen molar-refractivity contribution in [1.29, 1.82) is 0 Å². The van der Waals surface area contributed by atoms with Gasteiger partial charge in [0.1, 0.15) is 0 Å². The fraction of sp³-hybridized carbons (Fsp3) is 0.370. The van der Waals surface area contributed by atoms with Crippen LogP contribution in [-0.4, -0.2) is 53.3 Å². The van der Waals surface area contributed by atoms with Crippen molar-refractivity contribution in [3.05, 3.63) is 75.0 Å². The van der Waals surface area contributed by atoms with E-state index in [2.05, 4.69) is 15.4 Å². The van der Waals surface area contributed by atoms with E-state index in [1.807, 2.05) is 41.8 Å². The molecule has 1 aliphatic rings. The quantitative estimate of drug-likeness (QED) is 0.329. The second-order valence-corrected chi connectivity index (χ2v) is 10.3. The summed E-state index contributed by atoms with van der Waals surface area (Å²) in [7, 11) is 1.63. The number of hydrogen-bond acceptors (Lipinski definition) is 8. The van der Waals surface area contributed by atoms with E-state index >= 15 is 0 Å². The first-order valence-corrected chi connectivity index (χ1v) is 13.3. The lowest BCUT2D eigenvalue weighted by Gasteiger charge is -2.32. The van der Waals surface area contributed by atoms with E-state index in [1.54, 1.807) is 23.0 Å². The van der Waals surface area contributed by atoms with Crippen LogP contribution in [0.4, 0.5) is 0 Å². The van der Waals surface area contributed by atoms with E-state index in [-0.39, 0.29) is 11.1 Å². The van der Waals surface area contributed by atoms with E-state index in [4.69, 9.17) is 15.0 Å². The number of likely N-dealkylation sites (tertiary alicyclic amines) is 1. The topological polar surface area (TPSA) is 116 Å². The molecule has 4 aromatic rings. The number of methoxy groups -OCH3 is 1. The number of carbonyl (C=O) groups is 1. The molecule has 5 rings (SSSR count). The number of fused-ring (bicyclic) bond motifs is 1. The second kappa shape index (κ2) is 11.4. The number of benzene rings is 1. The molecule has 1 fully saturated rings. The van der Waals surface area contributed by atoms with Gasteiger partial charge in [-0.2, -0.15) is 0 Å². The molecule has 9 nitrogen and oxygen atoms in total. The number of nitrogens with one attached hydrogen (secondary N) is 1. The number of aromatic nitrogens is 2. The van der Waals surface area contributed by atoms with Crippen molar-refractivity contribution in [3.63, 3.8) is 0 Å². The normalized spacial score (nSPS) is 14.9. The molecule has 3 N–H and O–H groups in total. The number of piperidine rings is 1. The van der Waals surface area contributed by atoms with Gasteiger partial charge in [0.25, 0.3) is 5.56 Å². The second-order valence-electron chi connectivity index (χ2n) is 9.35. The van der Waals surface area contributed by atoms with E-state index in [0.717, 1.165) is 54.4 Å². The molecular weight excluding hydrogens is 490 g/mol. The van der Waals surface area contributed by atoms with Crippen LogP contribution in [0.25, 0.3) is 21.5 Å². The summed E-state index contributed by atoms with van der Waals surface area (Å²) in [6.07, 6.45) is 2.04. The Morgan fingerprint density at radius 2 is 2.05 bits per heavy atom. The standard InChI is InChI=1S/C27H31N5O4S/c1-35-17-18-4-5-21-22(27(28)34)15-26(33)32(23(21)13-18)11-10-31-8-6-19(7-9-31)29-16-20-14-24(36-30-20)25-3-2-12-37-25/h2-5,12-15,19,29H,6-11,16-17H2,1H3,(H2,28,34). The molecule has 3 aromatic heterocycles. The molecule has 0 saturated carbocycles. The third-order valence-corrected chi connectivity index (χ3v) is 7.76. The monoisotopic (exact) mass is 521 g/mol. The van der Waals surface area contributed by atoms with Crippen LogP contribution in [0.3, 0.4) is 0 Å². The van der Waals surface area contributed by atoms with Crippen LogP contribution < -0.4 is 16.6 Å². The van der Waals surface area contributed by atoms with Crippen LogP contribution in [0.5, 0.6) is 0 Å². The maximum atomic E-state index is 12.9. The number of thiophene rings is 1. The molecule has 0 bridgehead atoms. The van der Waals surface area contributed by atoms with Crippen LogP contribution in [-0.2, 0) is 24.4 Å². The lowest BCUT2D eigenvalue weighted by atomic mass is 10.0. The zero-order valence-corrected chi connectivity index (χ0v) is 21.6. The van der Waals surface area contributed by atoms with E-state index in [0.29, 0.717) is 36.6 Å². The fourth-order valence-corrected chi connectivity index (χ4v) is 5.57. The van der Waals surface area contributed by atoms with Gasteiger partial charge in [-0.1, -0.05) is 23.4 Å². The van der Waals surface area contributed by atoms with Gasteiger partial charge in [0.05, 0.1) is 28.3 Å². The molecule has 0 spiro atoms. The summed E-state index contributed by atoms with van der Waals surface area (Å²) in [4.78, 5) is 28.3. The minimum Gasteiger partial charge on any atom is -0.380 e. The third kappa shape index (κ3) is 5.83. The molecule has 194 valence electrons. The smallest absolute Gasteiger partial charge is 0.251 e. The van der Waals surface area contributed by atoms with Crippen LogP contribution in [0, 0.1) is 0 Å². The molecule has 1 aliphatic heterocycles. The Morgan fingerprint density at radius 1 is 1.22 bits per heavy atom. The summed E-state index contributed by atoms with van der Waals surface area (Å²) in [5.74, 6) is 0.208. The molecule has 1 amide bonds. The average molecular weight is 522 g/mol.